The maximum atomic E-state index is 13.0. The van der Waals surface area contributed by atoms with Crippen LogP contribution >= 0.6 is 0 Å². The second-order valence-electron chi connectivity index (χ2n) is 8.63. The van der Waals surface area contributed by atoms with Gasteiger partial charge in [0, 0.05) is 31.9 Å². The van der Waals surface area contributed by atoms with Crippen LogP contribution in [0.1, 0.15) is 45.1 Å². The summed E-state index contributed by atoms with van der Waals surface area (Å²) in [5.74, 6) is 1.10. The zero-order chi connectivity index (χ0) is 20.3. The van der Waals surface area contributed by atoms with Gasteiger partial charge in [-0.25, -0.2) is 8.42 Å². The van der Waals surface area contributed by atoms with Gasteiger partial charge in [0.25, 0.3) is 0 Å². The van der Waals surface area contributed by atoms with E-state index in [-0.39, 0.29) is 5.91 Å². The molecule has 0 unspecified atom stereocenters. The molecule has 156 valence electrons. The zero-order valence-corrected chi connectivity index (χ0v) is 18.1. The fourth-order valence-corrected chi connectivity index (χ4v) is 6.29. The van der Waals surface area contributed by atoms with E-state index in [1.54, 1.807) is 29.4 Å². The van der Waals surface area contributed by atoms with E-state index in [0.29, 0.717) is 47.6 Å². The lowest BCUT2D eigenvalue weighted by atomic mass is 9.92. The van der Waals surface area contributed by atoms with Crippen LogP contribution in [-0.4, -0.2) is 56.3 Å². The van der Waals surface area contributed by atoms with Crippen LogP contribution in [0.2, 0.25) is 0 Å². The molecule has 0 saturated carbocycles. The molecule has 1 aromatic carbocycles. The van der Waals surface area contributed by atoms with Gasteiger partial charge in [-0.1, -0.05) is 26.3 Å². The van der Waals surface area contributed by atoms with Gasteiger partial charge >= 0.3 is 0 Å². The van der Waals surface area contributed by atoms with Crippen LogP contribution in [0.3, 0.4) is 0 Å². The Balaban J connectivity index is 1.69. The number of carbonyl (C=O) groups is 1. The highest BCUT2D eigenvalue weighted by Gasteiger charge is 2.28. The molecule has 1 amide bonds. The SMILES string of the molecule is Cc1ccc(NC(=O)CN2C[C@@H](C)C[C@H](C)C2)cc1S(=O)(=O)N1CCCCC1. The molecular weight excluding hydrogens is 374 g/mol. The summed E-state index contributed by atoms with van der Waals surface area (Å²) in [4.78, 5) is 15.0. The van der Waals surface area contributed by atoms with Gasteiger partial charge in [-0.05, 0) is 55.7 Å². The first kappa shape index (κ1) is 21.3. The van der Waals surface area contributed by atoms with Crippen LogP contribution in [0.25, 0.3) is 0 Å². The number of hydrogen-bond acceptors (Lipinski definition) is 4. The number of nitrogens with zero attached hydrogens (tertiary/aromatic N) is 2. The van der Waals surface area contributed by atoms with E-state index < -0.39 is 10.0 Å². The first-order chi connectivity index (χ1) is 13.3. The van der Waals surface area contributed by atoms with E-state index in [2.05, 4.69) is 24.1 Å². The van der Waals surface area contributed by atoms with Crippen molar-refractivity contribution in [3.63, 3.8) is 0 Å². The minimum Gasteiger partial charge on any atom is -0.325 e. The topological polar surface area (TPSA) is 69.7 Å². The maximum absolute atomic E-state index is 13.0. The number of amides is 1. The minimum atomic E-state index is -3.52. The number of anilines is 1. The highest BCUT2D eigenvalue weighted by atomic mass is 32.2. The van der Waals surface area contributed by atoms with Crippen LogP contribution in [0.4, 0.5) is 5.69 Å². The van der Waals surface area contributed by atoms with Gasteiger partial charge in [0.1, 0.15) is 0 Å². The predicted octanol–water partition coefficient (Wildman–Crippen LogP) is 3.09. The number of sulfonamides is 1. The average molecular weight is 408 g/mol. The Bertz CT molecular complexity index is 793. The molecule has 2 heterocycles. The van der Waals surface area contributed by atoms with Gasteiger partial charge in [0.15, 0.2) is 0 Å². The molecule has 0 bridgehead atoms. The highest BCUT2D eigenvalue weighted by molar-refractivity contribution is 7.89. The van der Waals surface area contributed by atoms with Crippen molar-refractivity contribution in [3.05, 3.63) is 23.8 Å². The lowest BCUT2D eigenvalue weighted by molar-refractivity contribution is -0.117. The summed E-state index contributed by atoms with van der Waals surface area (Å²) in [6.45, 7) is 9.60. The summed E-state index contributed by atoms with van der Waals surface area (Å²) in [7, 11) is -3.52. The number of carbonyl (C=O) groups excluding carboxylic acids is 1. The van der Waals surface area contributed by atoms with E-state index in [1.807, 2.05) is 0 Å². The standard InChI is InChI=1S/C21H33N3O3S/c1-16-11-17(2)14-23(13-16)15-21(25)22-19-8-7-18(3)20(12-19)28(26,27)24-9-5-4-6-10-24/h7-8,12,16-17H,4-6,9-11,13-15H2,1-3H3,(H,22,25)/t16-,17-/m0/s1. The highest BCUT2D eigenvalue weighted by Crippen LogP contribution is 2.26. The summed E-state index contributed by atoms with van der Waals surface area (Å²) in [6, 6.07) is 5.17. The van der Waals surface area contributed by atoms with Crippen molar-refractivity contribution in [2.45, 2.75) is 51.3 Å². The molecule has 1 aromatic rings. The van der Waals surface area contributed by atoms with Crippen molar-refractivity contribution in [2.24, 2.45) is 11.8 Å². The second-order valence-corrected chi connectivity index (χ2v) is 10.5. The Morgan fingerprint density at radius 2 is 1.75 bits per heavy atom. The number of aryl methyl sites for hydroxylation is 1. The Labute approximate surface area is 169 Å². The Hall–Kier alpha value is -1.44. The fraction of sp³-hybridized carbons (Fsp3) is 0.667. The molecule has 7 heteroatoms. The molecule has 0 radical (unpaired) electrons. The summed E-state index contributed by atoms with van der Waals surface area (Å²) >= 11 is 0. The molecule has 2 aliphatic heterocycles. The Kier molecular flexibility index (Phi) is 6.78. The Morgan fingerprint density at radius 1 is 1.11 bits per heavy atom. The van der Waals surface area contributed by atoms with Crippen LogP contribution in [-0.2, 0) is 14.8 Å². The van der Waals surface area contributed by atoms with Crippen molar-refractivity contribution in [3.8, 4) is 0 Å². The molecule has 2 aliphatic rings. The summed E-state index contributed by atoms with van der Waals surface area (Å²) in [5, 5.41) is 2.90. The fourth-order valence-electron chi connectivity index (χ4n) is 4.52. The molecule has 2 atom stereocenters. The molecular formula is C21H33N3O3S. The van der Waals surface area contributed by atoms with Crippen LogP contribution in [0.5, 0.6) is 0 Å². The Morgan fingerprint density at radius 3 is 2.39 bits per heavy atom. The zero-order valence-electron chi connectivity index (χ0n) is 17.3. The molecule has 1 N–H and O–H groups in total. The molecule has 0 aromatic heterocycles. The van der Waals surface area contributed by atoms with Crippen LogP contribution in [0, 0.1) is 18.8 Å². The minimum absolute atomic E-state index is 0.0912. The number of likely N-dealkylation sites (tertiary alicyclic amines) is 1. The summed E-state index contributed by atoms with van der Waals surface area (Å²) in [5.41, 5.74) is 1.26. The van der Waals surface area contributed by atoms with E-state index in [4.69, 9.17) is 0 Å². The van der Waals surface area contributed by atoms with E-state index in [9.17, 15) is 13.2 Å². The molecule has 2 fully saturated rings. The molecule has 6 nitrogen and oxygen atoms in total. The molecule has 3 rings (SSSR count). The molecule has 0 aliphatic carbocycles. The van der Waals surface area contributed by atoms with Crippen molar-refractivity contribution < 1.29 is 13.2 Å². The van der Waals surface area contributed by atoms with Crippen LogP contribution < -0.4 is 5.32 Å². The number of piperidine rings is 2. The van der Waals surface area contributed by atoms with Crippen LogP contribution in [0.15, 0.2) is 23.1 Å². The number of nitrogens with one attached hydrogen (secondary N) is 1. The normalized spacial score (nSPS) is 24.8. The van der Waals surface area contributed by atoms with E-state index in [1.165, 1.54) is 6.42 Å². The third-order valence-corrected chi connectivity index (χ3v) is 7.76. The lowest BCUT2D eigenvalue weighted by Gasteiger charge is -2.34. The van der Waals surface area contributed by atoms with Gasteiger partial charge in [-0.15, -0.1) is 0 Å². The quantitative estimate of drug-likeness (QED) is 0.814. The monoisotopic (exact) mass is 407 g/mol. The first-order valence-electron chi connectivity index (χ1n) is 10.4. The van der Waals surface area contributed by atoms with Gasteiger partial charge in [0.2, 0.25) is 15.9 Å². The molecule has 2 saturated heterocycles. The molecule has 0 spiro atoms. The lowest BCUT2D eigenvalue weighted by Crippen LogP contribution is -2.42. The average Bonchev–Trinajstić information content (AvgIpc) is 2.63. The molecule has 28 heavy (non-hydrogen) atoms. The second kappa shape index (κ2) is 8.93. The van der Waals surface area contributed by atoms with Crippen molar-refractivity contribution in [2.75, 3.05) is 38.0 Å². The number of hydrogen-bond donors (Lipinski definition) is 1. The van der Waals surface area contributed by atoms with Crippen molar-refractivity contribution in [1.82, 2.24) is 9.21 Å². The maximum Gasteiger partial charge on any atom is 0.243 e. The van der Waals surface area contributed by atoms with Crippen molar-refractivity contribution in [1.29, 1.82) is 0 Å². The summed E-state index contributed by atoms with van der Waals surface area (Å²) < 4.78 is 27.7. The predicted molar refractivity (Wildman–Crippen MR) is 112 cm³/mol. The van der Waals surface area contributed by atoms with Gasteiger partial charge in [0.05, 0.1) is 11.4 Å². The smallest absolute Gasteiger partial charge is 0.243 e. The van der Waals surface area contributed by atoms with E-state index in [0.717, 1.165) is 32.4 Å². The third-order valence-electron chi connectivity index (χ3n) is 5.72. The van der Waals surface area contributed by atoms with Gasteiger partial charge in [-0.3, -0.25) is 9.69 Å². The number of benzene rings is 1. The van der Waals surface area contributed by atoms with Gasteiger partial charge < -0.3 is 5.32 Å². The van der Waals surface area contributed by atoms with Gasteiger partial charge in [-0.2, -0.15) is 4.31 Å². The number of rotatable bonds is 5. The van der Waals surface area contributed by atoms with E-state index >= 15 is 0 Å². The first-order valence-corrected chi connectivity index (χ1v) is 11.8. The largest absolute Gasteiger partial charge is 0.325 e. The third kappa shape index (κ3) is 5.13. The van der Waals surface area contributed by atoms with Crippen molar-refractivity contribution >= 4 is 21.6 Å². The summed E-state index contributed by atoms with van der Waals surface area (Å²) in [6.07, 6.45) is 4.09.